The molecule has 1 amide bonds. The molecule has 7 heteroatoms. The summed E-state index contributed by atoms with van der Waals surface area (Å²) in [7, 11) is 4.15. The average Bonchev–Trinajstić information content (AvgIpc) is 2.54. The zero-order valence-electron chi connectivity index (χ0n) is 15.3. The lowest BCUT2D eigenvalue weighted by Crippen LogP contribution is -2.59. The van der Waals surface area contributed by atoms with Gasteiger partial charge >= 0.3 is 0 Å². The number of hydrogen-bond acceptors (Lipinski definition) is 4. The number of carbonyl (C=O) groups excluding carboxylic acids is 1. The van der Waals surface area contributed by atoms with Gasteiger partial charge < -0.3 is 14.5 Å². The van der Waals surface area contributed by atoms with Gasteiger partial charge in [0.05, 0.1) is 5.02 Å². The first-order chi connectivity index (χ1) is 11.8. The van der Waals surface area contributed by atoms with Crippen molar-refractivity contribution in [3.63, 3.8) is 0 Å². The first kappa shape index (κ1) is 20.3. The molecular formula is C18H27Cl2N3O2. The van der Waals surface area contributed by atoms with Crippen molar-refractivity contribution in [2.75, 3.05) is 46.9 Å². The number of likely N-dealkylation sites (N-methyl/N-ethyl adjacent to an activating group) is 1. The van der Waals surface area contributed by atoms with E-state index in [1.807, 2.05) is 4.90 Å². The molecule has 25 heavy (non-hydrogen) atoms. The van der Waals surface area contributed by atoms with E-state index in [0.717, 1.165) is 13.1 Å². The Morgan fingerprint density at radius 3 is 2.48 bits per heavy atom. The van der Waals surface area contributed by atoms with E-state index in [1.165, 1.54) is 0 Å². The highest BCUT2D eigenvalue weighted by Gasteiger charge is 2.31. The molecule has 0 aliphatic carbocycles. The quantitative estimate of drug-likeness (QED) is 0.751. The summed E-state index contributed by atoms with van der Waals surface area (Å²) in [6.45, 7) is 7.75. The molecule has 1 fully saturated rings. The van der Waals surface area contributed by atoms with E-state index < -0.39 is 0 Å². The normalized spacial score (nSPS) is 21.6. The summed E-state index contributed by atoms with van der Waals surface area (Å²) in [4.78, 5) is 19.0. The number of amides is 1. The highest BCUT2D eigenvalue weighted by atomic mass is 35.5. The number of piperazine rings is 1. The lowest BCUT2D eigenvalue weighted by molar-refractivity contribution is -0.137. The molecule has 1 aromatic rings. The van der Waals surface area contributed by atoms with Gasteiger partial charge in [-0.2, -0.15) is 0 Å². The second-order valence-electron chi connectivity index (χ2n) is 6.90. The van der Waals surface area contributed by atoms with E-state index in [2.05, 4.69) is 37.7 Å². The predicted molar refractivity (Wildman–Crippen MR) is 103 cm³/mol. The summed E-state index contributed by atoms with van der Waals surface area (Å²) >= 11 is 12.0. The Bertz CT molecular complexity index is 586. The molecule has 5 nitrogen and oxygen atoms in total. The summed E-state index contributed by atoms with van der Waals surface area (Å²) in [5.41, 5.74) is 0. The smallest absolute Gasteiger partial charge is 0.260 e. The number of ether oxygens (including phenoxy) is 1. The molecule has 140 valence electrons. The van der Waals surface area contributed by atoms with Crippen molar-refractivity contribution in [3.05, 3.63) is 28.2 Å². The van der Waals surface area contributed by atoms with Crippen molar-refractivity contribution in [3.8, 4) is 5.75 Å². The van der Waals surface area contributed by atoms with Crippen molar-refractivity contribution in [2.45, 2.75) is 25.9 Å². The molecule has 2 rings (SSSR count). The molecule has 1 aliphatic rings. The topological polar surface area (TPSA) is 36.0 Å². The van der Waals surface area contributed by atoms with Gasteiger partial charge in [0.2, 0.25) is 0 Å². The van der Waals surface area contributed by atoms with Crippen molar-refractivity contribution >= 4 is 29.1 Å². The summed E-state index contributed by atoms with van der Waals surface area (Å²) < 4.78 is 5.58. The van der Waals surface area contributed by atoms with Gasteiger partial charge in [0.25, 0.3) is 5.91 Å². The third-order valence-corrected chi connectivity index (χ3v) is 5.05. The molecule has 0 bridgehead atoms. The summed E-state index contributed by atoms with van der Waals surface area (Å²) in [6.07, 6.45) is 0. The van der Waals surface area contributed by atoms with Crippen molar-refractivity contribution in [1.82, 2.24) is 14.7 Å². The van der Waals surface area contributed by atoms with Gasteiger partial charge in [0.15, 0.2) is 6.61 Å². The SMILES string of the molecule is CC1CN(C(=O)COc2cc(Cl)ccc2Cl)CC(C)N1CCN(C)C. The van der Waals surface area contributed by atoms with Crippen molar-refractivity contribution < 1.29 is 9.53 Å². The van der Waals surface area contributed by atoms with Crippen LogP contribution in [0, 0.1) is 0 Å². The third-order valence-electron chi connectivity index (χ3n) is 4.50. The number of benzene rings is 1. The zero-order chi connectivity index (χ0) is 18.6. The largest absolute Gasteiger partial charge is 0.482 e. The molecule has 2 unspecified atom stereocenters. The van der Waals surface area contributed by atoms with E-state index >= 15 is 0 Å². The van der Waals surface area contributed by atoms with Crippen LogP contribution in [0.4, 0.5) is 0 Å². The molecule has 2 atom stereocenters. The molecule has 0 spiro atoms. The van der Waals surface area contributed by atoms with Crippen LogP contribution < -0.4 is 4.74 Å². The monoisotopic (exact) mass is 387 g/mol. The highest BCUT2D eigenvalue weighted by Crippen LogP contribution is 2.27. The minimum atomic E-state index is -0.0306. The Morgan fingerprint density at radius 1 is 1.24 bits per heavy atom. The Morgan fingerprint density at radius 2 is 1.88 bits per heavy atom. The van der Waals surface area contributed by atoms with E-state index in [0.29, 0.717) is 41.0 Å². The van der Waals surface area contributed by atoms with Gasteiger partial charge in [0.1, 0.15) is 5.75 Å². The van der Waals surface area contributed by atoms with Crippen LogP contribution in [-0.2, 0) is 4.79 Å². The molecule has 0 radical (unpaired) electrons. The van der Waals surface area contributed by atoms with Crippen LogP contribution >= 0.6 is 23.2 Å². The van der Waals surface area contributed by atoms with Crippen LogP contribution in [0.5, 0.6) is 5.75 Å². The highest BCUT2D eigenvalue weighted by molar-refractivity contribution is 6.34. The number of rotatable bonds is 6. The van der Waals surface area contributed by atoms with Crippen LogP contribution in [0.3, 0.4) is 0 Å². The van der Waals surface area contributed by atoms with Gasteiger partial charge in [-0.25, -0.2) is 0 Å². The fourth-order valence-corrected chi connectivity index (χ4v) is 3.47. The predicted octanol–water partition coefficient (Wildman–Crippen LogP) is 2.86. The lowest BCUT2D eigenvalue weighted by atomic mass is 10.1. The molecule has 0 saturated carbocycles. The van der Waals surface area contributed by atoms with Gasteiger partial charge in [0, 0.05) is 49.4 Å². The number of hydrogen-bond donors (Lipinski definition) is 0. The Balaban J connectivity index is 1.89. The molecule has 1 heterocycles. The number of nitrogens with zero attached hydrogens (tertiary/aromatic N) is 3. The molecule has 0 N–H and O–H groups in total. The standard InChI is InChI=1S/C18H27Cl2N3O2/c1-13-10-22(11-14(2)23(13)8-7-21(3)4)18(24)12-25-17-9-15(19)5-6-16(17)20/h5-6,9,13-14H,7-8,10-12H2,1-4H3. The maximum atomic E-state index is 12.5. The van der Waals surface area contributed by atoms with Gasteiger partial charge in [-0.3, -0.25) is 9.69 Å². The van der Waals surface area contributed by atoms with E-state index in [9.17, 15) is 4.79 Å². The summed E-state index contributed by atoms with van der Waals surface area (Å²) in [6, 6.07) is 5.62. The third kappa shape index (κ3) is 5.74. The average molecular weight is 388 g/mol. The van der Waals surface area contributed by atoms with Gasteiger partial charge in [-0.1, -0.05) is 23.2 Å². The second kappa shape index (κ2) is 9.08. The lowest BCUT2D eigenvalue weighted by Gasteiger charge is -2.44. The van der Waals surface area contributed by atoms with Crippen molar-refractivity contribution in [2.24, 2.45) is 0 Å². The Kier molecular flexibility index (Phi) is 7.37. The maximum absolute atomic E-state index is 12.5. The van der Waals surface area contributed by atoms with E-state index in [1.54, 1.807) is 18.2 Å². The fourth-order valence-electron chi connectivity index (χ4n) is 3.14. The molecular weight excluding hydrogens is 361 g/mol. The molecule has 1 aliphatic heterocycles. The molecule has 0 aromatic heterocycles. The van der Waals surface area contributed by atoms with Crippen LogP contribution in [0.2, 0.25) is 10.0 Å². The first-order valence-corrected chi connectivity index (χ1v) is 9.29. The van der Waals surface area contributed by atoms with Crippen LogP contribution in [0.1, 0.15) is 13.8 Å². The number of halogens is 2. The first-order valence-electron chi connectivity index (χ1n) is 8.54. The van der Waals surface area contributed by atoms with Gasteiger partial charge in [-0.05, 0) is 40.1 Å². The van der Waals surface area contributed by atoms with Crippen LogP contribution in [0.15, 0.2) is 18.2 Å². The molecule has 1 saturated heterocycles. The maximum Gasteiger partial charge on any atom is 0.260 e. The number of carbonyl (C=O) groups is 1. The Hall–Kier alpha value is -1.01. The summed E-state index contributed by atoms with van der Waals surface area (Å²) in [5.74, 6) is 0.412. The molecule has 1 aromatic carbocycles. The fraction of sp³-hybridized carbons (Fsp3) is 0.611. The van der Waals surface area contributed by atoms with E-state index in [-0.39, 0.29) is 12.5 Å². The Labute approximate surface area is 160 Å². The zero-order valence-corrected chi connectivity index (χ0v) is 16.8. The van der Waals surface area contributed by atoms with Crippen molar-refractivity contribution in [1.29, 1.82) is 0 Å². The van der Waals surface area contributed by atoms with E-state index in [4.69, 9.17) is 27.9 Å². The minimum Gasteiger partial charge on any atom is -0.482 e. The minimum absolute atomic E-state index is 0.0259. The van der Waals surface area contributed by atoms with Crippen LogP contribution in [-0.4, -0.2) is 79.6 Å². The summed E-state index contributed by atoms with van der Waals surface area (Å²) in [5, 5.41) is 0.982. The second-order valence-corrected chi connectivity index (χ2v) is 7.74. The van der Waals surface area contributed by atoms with Gasteiger partial charge in [-0.15, -0.1) is 0 Å². The van der Waals surface area contributed by atoms with Crippen LogP contribution in [0.25, 0.3) is 0 Å².